The fraction of sp³-hybridized carbons (Fsp3) is 0.333. The first-order valence-electron chi connectivity index (χ1n) is 7.34. The van der Waals surface area contributed by atoms with Gasteiger partial charge in [0.1, 0.15) is 6.54 Å². The lowest BCUT2D eigenvalue weighted by Gasteiger charge is -2.19. The molecule has 1 aromatic heterocycles. The van der Waals surface area contributed by atoms with E-state index in [0.29, 0.717) is 0 Å². The highest BCUT2D eigenvalue weighted by Gasteiger charge is 2.13. The van der Waals surface area contributed by atoms with Gasteiger partial charge in [0, 0.05) is 17.4 Å². The first-order chi connectivity index (χ1) is 10.3. The topological polar surface area (TPSA) is 51.1 Å². The van der Waals surface area contributed by atoms with E-state index in [4.69, 9.17) is 0 Å². The van der Waals surface area contributed by atoms with Crippen molar-refractivity contribution >= 4 is 11.6 Å². The molecule has 0 unspecified atom stereocenters. The Morgan fingerprint density at radius 2 is 1.73 bits per heavy atom. The van der Waals surface area contributed by atoms with Crippen molar-refractivity contribution in [3.8, 4) is 0 Å². The summed E-state index contributed by atoms with van der Waals surface area (Å²) < 4.78 is 1.46. The summed E-state index contributed by atoms with van der Waals surface area (Å²) in [6.07, 6.45) is 0. The van der Waals surface area contributed by atoms with Crippen molar-refractivity contribution in [2.45, 2.75) is 39.7 Å². The maximum atomic E-state index is 12.1. The van der Waals surface area contributed by atoms with Crippen LogP contribution in [0.1, 0.15) is 32.0 Å². The average Bonchev–Trinajstić information content (AvgIpc) is 2.43. The fourth-order valence-electron chi connectivity index (χ4n) is 2.22. The first-order valence-corrected chi connectivity index (χ1v) is 7.34. The molecule has 4 heteroatoms. The Morgan fingerprint density at radius 1 is 1.09 bits per heavy atom. The summed E-state index contributed by atoms with van der Waals surface area (Å²) in [5, 5.41) is 2.82. The molecule has 1 amide bonds. The van der Waals surface area contributed by atoms with Crippen LogP contribution in [0.2, 0.25) is 0 Å². The fourth-order valence-corrected chi connectivity index (χ4v) is 2.22. The van der Waals surface area contributed by atoms with Gasteiger partial charge in [-0.25, -0.2) is 0 Å². The minimum atomic E-state index is -0.208. The molecular formula is C18H22N2O2. The molecule has 0 spiro atoms. The lowest BCUT2D eigenvalue weighted by molar-refractivity contribution is -0.116. The van der Waals surface area contributed by atoms with Crippen LogP contribution in [-0.4, -0.2) is 10.5 Å². The molecule has 0 aliphatic rings. The van der Waals surface area contributed by atoms with Crippen molar-refractivity contribution in [3.63, 3.8) is 0 Å². The van der Waals surface area contributed by atoms with Crippen LogP contribution in [0.25, 0.3) is 0 Å². The quantitative estimate of drug-likeness (QED) is 0.946. The van der Waals surface area contributed by atoms with E-state index in [1.165, 1.54) is 16.2 Å². The lowest BCUT2D eigenvalue weighted by Crippen LogP contribution is -2.28. The number of carbonyl (C=O) groups excluding carboxylic acids is 1. The third-order valence-electron chi connectivity index (χ3n) is 3.60. The Hall–Kier alpha value is -2.36. The maximum absolute atomic E-state index is 12.1. The van der Waals surface area contributed by atoms with Crippen LogP contribution in [0.4, 0.5) is 5.69 Å². The summed E-state index contributed by atoms with van der Waals surface area (Å²) >= 11 is 0. The van der Waals surface area contributed by atoms with Gasteiger partial charge in [-0.2, -0.15) is 0 Å². The molecule has 0 aliphatic heterocycles. The van der Waals surface area contributed by atoms with Crippen LogP contribution in [-0.2, 0) is 16.8 Å². The zero-order valence-electron chi connectivity index (χ0n) is 13.5. The van der Waals surface area contributed by atoms with E-state index in [1.807, 2.05) is 37.3 Å². The normalized spacial score (nSPS) is 11.3. The summed E-state index contributed by atoms with van der Waals surface area (Å²) in [7, 11) is 0. The third kappa shape index (κ3) is 3.85. The number of hydrogen-bond donors (Lipinski definition) is 1. The molecule has 4 nitrogen and oxygen atoms in total. The molecule has 0 saturated carbocycles. The number of rotatable bonds is 3. The molecule has 0 saturated heterocycles. The van der Waals surface area contributed by atoms with Crippen molar-refractivity contribution in [1.82, 2.24) is 4.57 Å². The maximum Gasteiger partial charge on any atom is 0.251 e. The van der Waals surface area contributed by atoms with E-state index >= 15 is 0 Å². The van der Waals surface area contributed by atoms with Crippen LogP contribution in [0.5, 0.6) is 0 Å². The second kappa shape index (κ2) is 6.18. The molecule has 1 aromatic carbocycles. The molecule has 1 heterocycles. The van der Waals surface area contributed by atoms with Crippen LogP contribution < -0.4 is 10.9 Å². The van der Waals surface area contributed by atoms with Crippen LogP contribution in [0.3, 0.4) is 0 Å². The number of aromatic nitrogens is 1. The van der Waals surface area contributed by atoms with E-state index in [9.17, 15) is 9.59 Å². The van der Waals surface area contributed by atoms with Gasteiger partial charge in [-0.3, -0.25) is 9.59 Å². The Labute approximate surface area is 130 Å². The Balaban J connectivity index is 2.08. The van der Waals surface area contributed by atoms with Gasteiger partial charge in [-0.15, -0.1) is 0 Å². The van der Waals surface area contributed by atoms with E-state index in [-0.39, 0.29) is 23.4 Å². The molecule has 0 aliphatic carbocycles. The SMILES string of the molecule is Cc1cccc(=O)n1CC(=O)Nc1ccc(C(C)(C)C)cc1. The monoisotopic (exact) mass is 298 g/mol. The summed E-state index contributed by atoms with van der Waals surface area (Å²) in [6, 6.07) is 12.8. The number of nitrogens with one attached hydrogen (secondary N) is 1. The molecule has 2 aromatic rings. The second-order valence-corrected chi connectivity index (χ2v) is 6.47. The van der Waals surface area contributed by atoms with Crippen molar-refractivity contribution in [1.29, 1.82) is 0 Å². The molecule has 116 valence electrons. The molecule has 0 fully saturated rings. The molecule has 0 bridgehead atoms. The van der Waals surface area contributed by atoms with Gasteiger partial charge in [0.15, 0.2) is 0 Å². The second-order valence-electron chi connectivity index (χ2n) is 6.47. The van der Waals surface area contributed by atoms with Crippen molar-refractivity contribution < 1.29 is 4.79 Å². The number of carbonyl (C=O) groups is 1. The number of benzene rings is 1. The number of pyridine rings is 1. The van der Waals surface area contributed by atoms with E-state index in [0.717, 1.165) is 11.4 Å². The van der Waals surface area contributed by atoms with Gasteiger partial charge in [0.05, 0.1) is 0 Å². The first kappa shape index (κ1) is 16.0. The molecule has 22 heavy (non-hydrogen) atoms. The van der Waals surface area contributed by atoms with Gasteiger partial charge in [0.25, 0.3) is 5.56 Å². The van der Waals surface area contributed by atoms with Crippen LogP contribution in [0, 0.1) is 6.92 Å². The van der Waals surface area contributed by atoms with Crippen molar-refractivity contribution in [2.75, 3.05) is 5.32 Å². The van der Waals surface area contributed by atoms with Gasteiger partial charge in [-0.1, -0.05) is 39.0 Å². The Bertz CT molecular complexity index is 722. The summed E-state index contributed by atoms with van der Waals surface area (Å²) in [4.78, 5) is 23.9. The highest BCUT2D eigenvalue weighted by molar-refractivity contribution is 5.90. The Morgan fingerprint density at radius 3 is 2.27 bits per heavy atom. The van der Waals surface area contributed by atoms with E-state index < -0.39 is 0 Å². The lowest BCUT2D eigenvalue weighted by atomic mass is 9.87. The largest absolute Gasteiger partial charge is 0.325 e. The van der Waals surface area contributed by atoms with Gasteiger partial charge in [0.2, 0.25) is 5.91 Å². The predicted molar refractivity (Wildman–Crippen MR) is 89.2 cm³/mol. The van der Waals surface area contributed by atoms with E-state index in [1.54, 1.807) is 6.07 Å². The van der Waals surface area contributed by atoms with Crippen LogP contribution >= 0.6 is 0 Å². The number of aryl methyl sites for hydroxylation is 1. The van der Waals surface area contributed by atoms with Crippen molar-refractivity contribution in [2.24, 2.45) is 0 Å². The van der Waals surface area contributed by atoms with Gasteiger partial charge in [-0.05, 0) is 36.1 Å². The highest BCUT2D eigenvalue weighted by Crippen LogP contribution is 2.23. The van der Waals surface area contributed by atoms with Gasteiger partial charge < -0.3 is 9.88 Å². The van der Waals surface area contributed by atoms with Crippen molar-refractivity contribution in [3.05, 3.63) is 64.1 Å². The molecule has 0 atom stereocenters. The number of amides is 1. The molecule has 0 radical (unpaired) electrons. The zero-order valence-corrected chi connectivity index (χ0v) is 13.5. The number of nitrogens with zero attached hydrogens (tertiary/aromatic N) is 1. The smallest absolute Gasteiger partial charge is 0.251 e. The minimum Gasteiger partial charge on any atom is -0.325 e. The summed E-state index contributed by atoms with van der Waals surface area (Å²) in [6.45, 7) is 8.26. The Kier molecular flexibility index (Phi) is 4.50. The molecular weight excluding hydrogens is 276 g/mol. The average molecular weight is 298 g/mol. The molecule has 2 rings (SSSR count). The number of anilines is 1. The summed E-state index contributed by atoms with van der Waals surface area (Å²) in [5.41, 5.74) is 2.63. The van der Waals surface area contributed by atoms with Gasteiger partial charge >= 0.3 is 0 Å². The van der Waals surface area contributed by atoms with E-state index in [2.05, 4.69) is 26.1 Å². The zero-order chi connectivity index (χ0) is 16.3. The third-order valence-corrected chi connectivity index (χ3v) is 3.60. The summed E-state index contributed by atoms with van der Waals surface area (Å²) in [5.74, 6) is -0.208. The highest BCUT2D eigenvalue weighted by atomic mass is 16.2. The molecule has 1 N–H and O–H groups in total. The predicted octanol–water partition coefficient (Wildman–Crippen LogP) is 3.09. The minimum absolute atomic E-state index is 0.0204. The van der Waals surface area contributed by atoms with Crippen LogP contribution in [0.15, 0.2) is 47.3 Å². The standard InChI is InChI=1S/C18H22N2O2/c1-13-6-5-7-17(22)20(13)12-16(21)19-15-10-8-14(9-11-15)18(2,3)4/h5-11H,12H2,1-4H3,(H,19,21). The number of hydrogen-bond acceptors (Lipinski definition) is 2.